The summed E-state index contributed by atoms with van der Waals surface area (Å²) in [6, 6.07) is 12.7. The first-order chi connectivity index (χ1) is 11.7. The Morgan fingerprint density at radius 3 is 2.79 bits per heavy atom. The maximum absolute atomic E-state index is 6.03. The molecule has 1 aliphatic rings. The summed E-state index contributed by atoms with van der Waals surface area (Å²) in [5.74, 6) is 0.851. The zero-order chi connectivity index (χ0) is 16.8. The summed E-state index contributed by atoms with van der Waals surface area (Å²) >= 11 is 7.84. The van der Waals surface area contributed by atoms with Gasteiger partial charge in [0, 0.05) is 37.7 Å². The van der Waals surface area contributed by atoms with Gasteiger partial charge in [-0.25, -0.2) is 0 Å². The smallest absolute Gasteiger partial charge is 0.191 e. The van der Waals surface area contributed by atoms with Gasteiger partial charge in [0.2, 0.25) is 0 Å². The highest BCUT2D eigenvalue weighted by atomic mass is 35.5. The van der Waals surface area contributed by atoms with Crippen LogP contribution in [-0.4, -0.2) is 32.1 Å². The zero-order valence-electron chi connectivity index (χ0n) is 13.8. The monoisotopic (exact) mass is 362 g/mol. The van der Waals surface area contributed by atoms with Gasteiger partial charge in [0.05, 0.1) is 5.00 Å². The van der Waals surface area contributed by atoms with Crippen LogP contribution in [0.5, 0.6) is 0 Å². The summed E-state index contributed by atoms with van der Waals surface area (Å²) in [6.45, 7) is 2.89. The molecular weight excluding hydrogens is 340 g/mol. The summed E-state index contributed by atoms with van der Waals surface area (Å²) in [5.41, 5.74) is 1.15. The van der Waals surface area contributed by atoms with Crippen LogP contribution in [0, 0.1) is 0 Å². The SMILES string of the molecule is CN=C(NCc1cccc(Cl)c1)NC1CCN(c2cccs2)CC1. The molecule has 0 aliphatic carbocycles. The number of piperidine rings is 1. The molecule has 4 nitrogen and oxygen atoms in total. The van der Waals surface area contributed by atoms with Crippen LogP contribution < -0.4 is 15.5 Å². The molecule has 0 saturated carbocycles. The predicted molar refractivity (Wildman–Crippen MR) is 104 cm³/mol. The van der Waals surface area contributed by atoms with Crippen molar-refractivity contribution in [3.63, 3.8) is 0 Å². The Kier molecular flexibility index (Phi) is 5.99. The van der Waals surface area contributed by atoms with Gasteiger partial charge in [0.15, 0.2) is 5.96 Å². The van der Waals surface area contributed by atoms with Crippen LogP contribution in [0.25, 0.3) is 0 Å². The van der Waals surface area contributed by atoms with E-state index in [2.05, 4.69) is 44.1 Å². The molecule has 0 radical (unpaired) electrons. The Morgan fingerprint density at radius 2 is 2.12 bits per heavy atom. The Balaban J connectivity index is 1.46. The number of nitrogens with zero attached hydrogens (tertiary/aromatic N) is 2. The normalized spacial score (nSPS) is 16.2. The number of hydrogen-bond acceptors (Lipinski definition) is 3. The first-order valence-electron chi connectivity index (χ1n) is 8.24. The largest absolute Gasteiger partial charge is 0.363 e. The van der Waals surface area contributed by atoms with E-state index in [1.165, 1.54) is 5.00 Å². The number of guanidine groups is 1. The van der Waals surface area contributed by atoms with Crippen LogP contribution in [0.15, 0.2) is 46.8 Å². The maximum atomic E-state index is 6.03. The average Bonchev–Trinajstić information content (AvgIpc) is 3.14. The van der Waals surface area contributed by atoms with Crippen LogP contribution in [-0.2, 0) is 6.54 Å². The minimum absolute atomic E-state index is 0.465. The minimum Gasteiger partial charge on any atom is -0.363 e. The highest BCUT2D eigenvalue weighted by molar-refractivity contribution is 7.14. The summed E-state index contributed by atoms with van der Waals surface area (Å²) in [7, 11) is 1.81. The average molecular weight is 363 g/mol. The number of rotatable bonds is 4. The fraction of sp³-hybridized carbons (Fsp3) is 0.389. The Labute approximate surface area is 152 Å². The molecule has 6 heteroatoms. The second-order valence-corrected chi connectivity index (χ2v) is 7.28. The van der Waals surface area contributed by atoms with Crippen molar-refractivity contribution in [3.8, 4) is 0 Å². The van der Waals surface area contributed by atoms with Crippen LogP contribution in [0.3, 0.4) is 0 Å². The first kappa shape index (κ1) is 17.1. The van der Waals surface area contributed by atoms with E-state index in [4.69, 9.17) is 11.6 Å². The number of thiophene rings is 1. The highest BCUT2D eigenvalue weighted by Crippen LogP contribution is 2.24. The molecule has 0 amide bonds. The molecule has 1 fully saturated rings. The van der Waals surface area contributed by atoms with Gasteiger partial charge in [-0.05, 0) is 48.1 Å². The molecule has 0 spiro atoms. The second kappa shape index (κ2) is 8.40. The first-order valence-corrected chi connectivity index (χ1v) is 9.50. The number of hydrogen-bond donors (Lipinski definition) is 2. The minimum atomic E-state index is 0.465. The fourth-order valence-corrected chi connectivity index (χ4v) is 3.91. The standard InChI is InChI=1S/C18H23ClN4S/c1-20-18(21-13-14-4-2-5-15(19)12-14)22-16-7-9-23(10-8-16)17-6-3-11-24-17/h2-6,11-12,16H,7-10,13H2,1H3,(H2,20,21,22). The Hall–Kier alpha value is -1.72. The van der Waals surface area contributed by atoms with E-state index in [1.54, 1.807) is 0 Å². The van der Waals surface area contributed by atoms with Crippen LogP contribution >= 0.6 is 22.9 Å². The molecule has 1 aliphatic heterocycles. The van der Waals surface area contributed by atoms with Crippen molar-refractivity contribution in [1.29, 1.82) is 0 Å². The van der Waals surface area contributed by atoms with E-state index >= 15 is 0 Å². The second-order valence-electron chi connectivity index (χ2n) is 5.91. The molecule has 0 bridgehead atoms. The van der Waals surface area contributed by atoms with Crippen molar-refractivity contribution in [1.82, 2.24) is 10.6 Å². The van der Waals surface area contributed by atoms with Gasteiger partial charge in [0.25, 0.3) is 0 Å². The van der Waals surface area contributed by atoms with E-state index in [9.17, 15) is 0 Å². The lowest BCUT2D eigenvalue weighted by Crippen LogP contribution is -2.48. The molecule has 1 saturated heterocycles. The lowest BCUT2D eigenvalue weighted by atomic mass is 10.1. The quantitative estimate of drug-likeness (QED) is 0.643. The van der Waals surface area contributed by atoms with Crippen molar-refractivity contribution in [2.75, 3.05) is 25.0 Å². The van der Waals surface area contributed by atoms with Crippen molar-refractivity contribution in [3.05, 3.63) is 52.4 Å². The van der Waals surface area contributed by atoms with E-state index in [-0.39, 0.29) is 0 Å². The number of aliphatic imine (C=N–C) groups is 1. The molecule has 2 heterocycles. The molecule has 128 valence electrons. The Bertz CT molecular complexity index is 663. The number of halogens is 1. The predicted octanol–water partition coefficient (Wildman–Crippen LogP) is 3.74. The lowest BCUT2D eigenvalue weighted by molar-refractivity contribution is 0.463. The molecule has 2 N–H and O–H groups in total. The van der Waals surface area contributed by atoms with Gasteiger partial charge in [-0.3, -0.25) is 4.99 Å². The van der Waals surface area contributed by atoms with Crippen LogP contribution in [0.1, 0.15) is 18.4 Å². The molecule has 2 aromatic rings. The summed E-state index contributed by atoms with van der Waals surface area (Å²) in [5, 5.41) is 11.2. The summed E-state index contributed by atoms with van der Waals surface area (Å²) < 4.78 is 0. The van der Waals surface area contributed by atoms with Crippen molar-refractivity contribution >= 4 is 33.9 Å². The molecule has 24 heavy (non-hydrogen) atoms. The van der Waals surface area contributed by atoms with Gasteiger partial charge < -0.3 is 15.5 Å². The molecule has 0 atom stereocenters. The Morgan fingerprint density at radius 1 is 1.29 bits per heavy atom. The van der Waals surface area contributed by atoms with Gasteiger partial charge in [0.1, 0.15) is 0 Å². The third kappa shape index (κ3) is 4.65. The topological polar surface area (TPSA) is 39.7 Å². The van der Waals surface area contributed by atoms with E-state index in [1.807, 2.05) is 36.6 Å². The van der Waals surface area contributed by atoms with Crippen molar-refractivity contribution in [2.24, 2.45) is 4.99 Å². The van der Waals surface area contributed by atoms with Crippen LogP contribution in [0.2, 0.25) is 5.02 Å². The third-order valence-corrected chi connectivity index (χ3v) is 5.39. The van der Waals surface area contributed by atoms with Crippen LogP contribution in [0.4, 0.5) is 5.00 Å². The number of nitrogens with one attached hydrogen (secondary N) is 2. The van der Waals surface area contributed by atoms with Crippen molar-refractivity contribution < 1.29 is 0 Å². The third-order valence-electron chi connectivity index (χ3n) is 4.23. The van der Waals surface area contributed by atoms with Gasteiger partial charge >= 0.3 is 0 Å². The summed E-state index contributed by atoms with van der Waals surface area (Å²) in [6.07, 6.45) is 2.24. The lowest BCUT2D eigenvalue weighted by Gasteiger charge is -2.33. The zero-order valence-corrected chi connectivity index (χ0v) is 15.4. The van der Waals surface area contributed by atoms with Gasteiger partial charge in [-0.1, -0.05) is 23.7 Å². The molecular formula is C18H23ClN4S. The van der Waals surface area contributed by atoms with Gasteiger partial charge in [-0.2, -0.15) is 0 Å². The molecule has 0 unspecified atom stereocenters. The molecule has 1 aromatic heterocycles. The van der Waals surface area contributed by atoms with Gasteiger partial charge in [-0.15, -0.1) is 11.3 Å². The molecule has 3 rings (SSSR count). The van der Waals surface area contributed by atoms with E-state index in [0.717, 1.165) is 42.5 Å². The number of benzene rings is 1. The number of anilines is 1. The highest BCUT2D eigenvalue weighted by Gasteiger charge is 2.20. The fourth-order valence-electron chi connectivity index (χ4n) is 2.91. The van der Waals surface area contributed by atoms with E-state index in [0.29, 0.717) is 12.6 Å². The maximum Gasteiger partial charge on any atom is 0.191 e. The van der Waals surface area contributed by atoms with Crippen molar-refractivity contribution in [2.45, 2.75) is 25.4 Å². The molecule has 1 aromatic carbocycles. The van der Waals surface area contributed by atoms with E-state index < -0.39 is 0 Å². The summed E-state index contributed by atoms with van der Waals surface area (Å²) in [4.78, 5) is 6.80.